The third-order valence-electron chi connectivity index (χ3n) is 18.7. The van der Waals surface area contributed by atoms with Crippen LogP contribution in [0.25, 0.3) is 0 Å². The van der Waals surface area contributed by atoms with Crippen LogP contribution in [0.3, 0.4) is 0 Å². The van der Waals surface area contributed by atoms with Crippen LogP contribution in [0.5, 0.6) is 0 Å². The molecule has 0 fully saturated rings. The Bertz CT molecular complexity index is 1410. The summed E-state index contributed by atoms with van der Waals surface area (Å²) in [6, 6.07) is -0.625. The van der Waals surface area contributed by atoms with Crippen molar-refractivity contribution in [1.29, 1.82) is 0 Å². The number of carbonyl (C=O) groups is 2. The molecule has 0 aliphatic rings. The van der Waals surface area contributed by atoms with E-state index < -0.39 is 12.1 Å². The second-order valence-electron chi connectivity index (χ2n) is 27.4. The summed E-state index contributed by atoms with van der Waals surface area (Å²) in [6.07, 6.45) is 99.8. The molecule has 0 saturated carbocycles. The zero-order chi connectivity index (χ0) is 62.8. The molecule has 0 aromatic rings. The molecule has 0 aliphatic heterocycles. The predicted octanol–water partition coefficient (Wildman–Crippen LogP) is 26.2. The first-order chi connectivity index (χ1) is 43.0. The molecule has 2 unspecified atom stereocenters. The van der Waals surface area contributed by atoms with Crippen LogP contribution in [0.1, 0.15) is 444 Å². The third kappa shape index (κ3) is 73.0. The second-order valence-corrected chi connectivity index (χ2v) is 27.4. The minimum absolute atomic E-state index is 0.00805. The Morgan fingerprint density at radius 3 is 0.897 bits per heavy atom. The molecular formula is C81H155NO5. The number of ether oxygens (including phenoxy) is 1. The first-order valence-electron chi connectivity index (χ1n) is 39.8. The second kappa shape index (κ2) is 76.5. The largest absolute Gasteiger partial charge is 0.466 e. The molecule has 3 N–H and O–H groups in total. The fourth-order valence-electron chi connectivity index (χ4n) is 12.6. The lowest BCUT2D eigenvalue weighted by Gasteiger charge is -2.20. The van der Waals surface area contributed by atoms with Gasteiger partial charge in [-0.1, -0.05) is 403 Å². The Labute approximate surface area is 544 Å². The number of allylic oxidation sites excluding steroid dienone is 5. The molecular weight excluding hydrogens is 1070 g/mol. The van der Waals surface area contributed by atoms with Gasteiger partial charge in [0.1, 0.15) is 0 Å². The lowest BCUT2D eigenvalue weighted by atomic mass is 10.0. The molecule has 0 aromatic heterocycles. The smallest absolute Gasteiger partial charge is 0.305 e. The van der Waals surface area contributed by atoms with Crippen molar-refractivity contribution in [3.8, 4) is 0 Å². The standard InChI is InChI=1S/C81H155NO5/c1-3-5-7-9-11-13-15-17-19-20-21-22-36-39-42-46-49-53-57-61-65-69-73-79(84)78(77-83)82-80(85)74-70-66-62-58-54-50-47-43-40-37-34-32-30-28-26-24-23-25-27-29-31-33-35-38-41-44-48-52-56-60-64-68-72-76-87-81(86)75-71-67-63-59-55-51-45-18-16-14-12-10-8-6-4-2/h12,14,18,45,69,73,78-79,83-84H,3-11,13,15-17,19-44,46-68,70-72,74-77H2,1-2H3,(H,82,85)/b14-12-,45-18-,73-69+. The fraction of sp³-hybridized carbons (Fsp3) is 0.901. The van der Waals surface area contributed by atoms with Crippen molar-refractivity contribution in [2.24, 2.45) is 0 Å². The molecule has 0 rings (SSSR count). The summed E-state index contributed by atoms with van der Waals surface area (Å²) < 4.78 is 5.49. The maximum absolute atomic E-state index is 12.5. The Kier molecular flexibility index (Phi) is 74.8. The number of amides is 1. The van der Waals surface area contributed by atoms with Crippen LogP contribution in [-0.2, 0) is 14.3 Å². The molecule has 0 bridgehead atoms. The zero-order valence-corrected chi connectivity index (χ0v) is 59.0. The van der Waals surface area contributed by atoms with Gasteiger partial charge in [0.15, 0.2) is 0 Å². The summed E-state index contributed by atoms with van der Waals surface area (Å²) in [4.78, 5) is 24.6. The summed E-state index contributed by atoms with van der Waals surface area (Å²) in [5.41, 5.74) is 0. The van der Waals surface area contributed by atoms with E-state index in [9.17, 15) is 19.8 Å². The molecule has 1 amide bonds. The third-order valence-corrected chi connectivity index (χ3v) is 18.7. The minimum atomic E-state index is -0.842. The lowest BCUT2D eigenvalue weighted by molar-refractivity contribution is -0.143. The van der Waals surface area contributed by atoms with Crippen LogP contribution >= 0.6 is 0 Å². The SMILES string of the molecule is CCCCC/C=C\C/C=C\CCCCCCCC(=O)OCCCCCCCCCCCCCCCCCCCCCCCCCCCCCCCCCCCC(=O)NC(CO)C(O)/C=C/CCCCCCCCCCCCCCCCCCCCCC. The van der Waals surface area contributed by atoms with E-state index in [0.717, 1.165) is 51.4 Å². The van der Waals surface area contributed by atoms with Crippen molar-refractivity contribution < 1.29 is 24.5 Å². The number of aliphatic hydroxyl groups excluding tert-OH is 2. The van der Waals surface area contributed by atoms with E-state index in [1.54, 1.807) is 6.08 Å². The van der Waals surface area contributed by atoms with Gasteiger partial charge < -0.3 is 20.3 Å². The van der Waals surface area contributed by atoms with Gasteiger partial charge in [0.25, 0.3) is 0 Å². The van der Waals surface area contributed by atoms with Crippen LogP contribution in [0.4, 0.5) is 0 Å². The molecule has 0 aromatic carbocycles. The number of rotatable bonds is 75. The van der Waals surface area contributed by atoms with Crippen LogP contribution in [0.2, 0.25) is 0 Å². The number of unbranched alkanes of at least 4 members (excludes halogenated alkanes) is 60. The summed E-state index contributed by atoms with van der Waals surface area (Å²) in [7, 11) is 0. The van der Waals surface area contributed by atoms with Crippen molar-refractivity contribution in [2.75, 3.05) is 13.2 Å². The summed E-state index contributed by atoms with van der Waals surface area (Å²) in [6.45, 7) is 4.92. The summed E-state index contributed by atoms with van der Waals surface area (Å²) in [5, 5.41) is 23.3. The molecule has 0 radical (unpaired) electrons. The van der Waals surface area contributed by atoms with Gasteiger partial charge in [-0.15, -0.1) is 0 Å². The van der Waals surface area contributed by atoms with Crippen molar-refractivity contribution >= 4 is 11.9 Å². The Morgan fingerprint density at radius 2 is 0.575 bits per heavy atom. The first-order valence-corrected chi connectivity index (χ1v) is 39.8. The van der Waals surface area contributed by atoms with E-state index in [1.165, 1.54) is 366 Å². The number of aliphatic hydroxyl groups is 2. The predicted molar refractivity (Wildman–Crippen MR) is 384 cm³/mol. The van der Waals surface area contributed by atoms with Gasteiger partial charge in [-0.2, -0.15) is 0 Å². The Balaban J connectivity index is 3.35. The monoisotopic (exact) mass is 1220 g/mol. The maximum atomic E-state index is 12.5. The van der Waals surface area contributed by atoms with Crippen molar-refractivity contribution in [3.05, 3.63) is 36.5 Å². The number of carbonyl (C=O) groups excluding carboxylic acids is 2. The maximum Gasteiger partial charge on any atom is 0.305 e. The first kappa shape index (κ1) is 85.1. The molecule has 0 heterocycles. The molecule has 514 valence electrons. The van der Waals surface area contributed by atoms with Gasteiger partial charge in [-0.3, -0.25) is 9.59 Å². The van der Waals surface area contributed by atoms with E-state index in [0.29, 0.717) is 19.4 Å². The van der Waals surface area contributed by atoms with Gasteiger partial charge in [-0.25, -0.2) is 0 Å². The average Bonchev–Trinajstić information content (AvgIpc) is 3.52. The highest BCUT2D eigenvalue weighted by molar-refractivity contribution is 5.76. The number of nitrogens with one attached hydrogen (secondary N) is 1. The van der Waals surface area contributed by atoms with Crippen molar-refractivity contribution in [3.63, 3.8) is 0 Å². The van der Waals surface area contributed by atoms with Crippen molar-refractivity contribution in [1.82, 2.24) is 5.32 Å². The molecule has 2 atom stereocenters. The zero-order valence-electron chi connectivity index (χ0n) is 59.0. The van der Waals surface area contributed by atoms with Crippen molar-refractivity contribution in [2.45, 2.75) is 456 Å². The van der Waals surface area contributed by atoms with Gasteiger partial charge in [0.05, 0.1) is 25.4 Å². The van der Waals surface area contributed by atoms with E-state index >= 15 is 0 Å². The lowest BCUT2D eigenvalue weighted by Crippen LogP contribution is -2.45. The Morgan fingerprint density at radius 1 is 0.322 bits per heavy atom. The quantitative estimate of drug-likeness (QED) is 0.0320. The van der Waals surface area contributed by atoms with E-state index in [1.807, 2.05) is 6.08 Å². The average molecular weight is 1220 g/mol. The van der Waals surface area contributed by atoms with Crippen LogP contribution in [0.15, 0.2) is 36.5 Å². The van der Waals surface area contributed by atoms with Gasteiger partial charge >= 0.3 is 5.97 Å². The van der Waals surface area contributed by atoms with Crippen LogP contribution in [-0.4, -0.2) is 47.4 Å². The fourth-order valence-corrected chi connectivity index (χ4v) is 12.6. The highest BCUT2D eigenvalue weighted by Crippen LogP contribution is 2.20. The summed E-state index contributed by atoms with van der Waals surface area (Å²) >= 11 is 0. The number of hydrogen-bond acceptors (Lipinski definition) is 5. The number of hydrogen-bond donors (Lipinski definition) is 3. The molecule has 6 heteroatoms. The van der Waals surface area contributed by atoms with Gasteiger partial charge in [0.2, 0.25) is 5.91 Å². The topological polar surface area (TPSA) is 95.9 Å². The number of esters is 1. The molecule has 87 heavy (non-hydrogen) atoms. The van der Waals surface area contributed by atoms with E-state index in [4.69, 9.17) is 4.74 Å². The highest BCUT2D eigenvalue weighted by Gasteiger charge is 2.18. The minimum Gasteiger partial charge on any atom is -0.466 e. The van der Waals surface area contributed by atoms with Crippen LogP contribution in [0, 0.1) is 0 Å². The van der Waals surface area contributed by atoms with Gasteiger partial charge in [0, 0.05) is 12.8 Å². The highest BCUT2D eigenvalue weighted by atomic mass is 16.5. The molecule has 0 aliphatic carbocycles. The van der Waals surface area contributed by atoms with E-state index in [-0.39, 0.29) is 18.5 Å². The van der Waals surface area contributed by atoms with Gasteiger partial charge in [-0.05, 0) is 64.2 Å². The van der Waals surface area contributed by atoms with E-state index in [2.05, 4.69) is 43.5 Å². The normalized spacial score (nSPS) is 12.6. The van der Waals surface area contributed by atoms with Crippen LogP contribution < -0.4 is 5.32 Å². The Hall–Kier alpha value is -1.92. The molecule has 6 nitrogen and oxygen atoms in total. The molecule has 0 spiro atoms. The molecule has 0 saturated heterocycles. The summed E-state index contributed by atoms with van der Waals surface area (Å²) in [5.74, 6) is -0.0504.